The Hall–Kier alpha value is -1.04. The maximum Gasteiger partial charge on any atom is 0.250 e. The van der Waals surface area contributed by atoms with Crippen molar-refractivity contribution in [3.8, 4) is 0 Å². The zero-order chi connectivity index (χ0) is 17.7. The first-order valence-corrected chi connectivity index (χ1v) is 9.90. The quantitative estimate of drug-likeness (QED) is 0.652. The molecular formula is C14H23N3O5S2. The minimum atomic E-state index is -3.76. The molecular weight excluding hydrogens is 354 g/mol. The zero-order valence-corrected chi connectivity index (χ0v) is 15.4. The molecule has 1 aromatic rings. The van der Waals surface area contributed by atoms with E-state index in [4.69, 9.17) is 15.2 Å². The van der Waals surface area contributed by atoms with E-state index in [1.807, 2.05) is 19.0 Å². The van der Waals surface area contributed by atoms with Crippen LogP contribution in [0.3, 0.4) is 0 Å². The number of nitrogens with one attached hydrogen (secondary N) is 1. The number of ether oxygens (including phenoxy) is 2. The van der Waals surface area contributed by atoms with E-state index in [9.17, 15) is 13.2 Å². The molecule has 0 unspecified atom stereocenters. The summed E-state index contributed by atoms with van der Waals surface area (Å²) in [5.41, 5.74) is 5.34. The molecule has 2 atom stereocenters. The van der Waals surface area contributed by atoms with Crippen molar-refractivity contribution in [3.63, 3.8) is 0 Å². The molecule has 1 aliphatic rings. The predicted molar refractivity (Wildman–Crippen MR) is 90.7 cm³/mol. The average molecular weight is 377 g/mol. The van der Waals surface area contributed by atoms with Crippen LogP contribution in [0.2, 0.25) is 0 Å². The standard InChI is InChI=1S/C14H23N3O5S2/c1-17(2)4-6-22-12-3-5-21-8-11(12)16-24(19,20)13-7-10(9-23-13)14(15)18/h7,9,11-12,16H,3-6,8H2,1-2H3,(H2,15,18)/t11-,12+/m1/s1. The summed E-state index contributed by atoms with van der Waals surface area (Å²) in [7, 11) is 0.134. The maximum absolute atomic E-state index is 12.5. The number of amides is 1. The first-order valence-electron chi connectivity index (χ1n) is 7.54. The van der Waals surface area contributed by atoms with Crippen LogP contribution in [0, 0.1) is 0 Å². The molecule has 10 heteroatoms. The van der Waals surface area contributed by atoms with Crippen molar-refractivity contribution in [2.24, 2.45) is 5.73 Å². The maximum atomic E-state index is 12.5. The van der Waals surface area contributed by atoms with E-state index in [0.717, 1.165) is 17.9 Å². The van der Waals surface area contributed by atoms with Crippen LogP contribution in [0.4, 0.5) is 0 Å². The minimum absolute atomic E-state index is 0.0499. The molecule has 0 radical (unpaired) electrons. The number of nitrogens with zero attached hydrogens (tertiary/aromatic N) is 1. The van der Waals surface area contributed by atoms with Crippen LogP contribution in [0.25, 0.3) is 0 Å². The summed E-state index contributed by atoms with van der Waals surface area (Å²) in [6.07, 6.45) is 0.376. The number of hydrogen-bond acceptors (Lipinski definition) is 7. The highest BCUT2D eigenvalue weighted by Gasteiger charge is 2.31. The second-order valence-electron chi connectivity index (χ2n) is 5.82. The lowest BCUT2D eigenvalue weighted by atomic mass is 10.1. The van der Waals surface area contributed by atoms with E-state index >= 15 is 0 Å². The van der Waals surface area contributed by atoms with E-state index < -0.39 is 22.0 Å². The van der Waals surface area contributed by atoms with Gasteiger partial charge in [-0.3, -0.25) is 4.79 Å². The van der Waals surface area contributed by atoms with Crippen LogP contribution in [0.15, 0.2) is 15.7 Å². The molecule has 0 saturated carbocycles. The molecule has 8 nitrogen and oxygen atoms in total. The Morgan fingerprint density at radius 3 is 2.92 bits per heavy atom. The molecule has 136 valence electrons. The van der Waals surface area contributed by atoms with Crippen molar-refractivity contribution >= 4 is 27.3 Å². The third-order valence-electron chi connectivity index (χ3n) is 3.59. The van der Waals surface area contributed by atoms with Gasteiger partial charge in [0.1, 0.15) is 4.21 Å². The van der Waals surface area contributed by atoms with Gasteiger partial charge in [-0.05, 0) is 26.6 Å². The normalized spacial score (nSPS) is 22.0. The topological polar surface area (TPSA) is 111 Å². The van der Waals surface area contributed by atoms with E-state index in [1.165, 1.54) is 11.4 Å². The minimum Gasteiger partial charge on any atom is -0.380 e. The number of rotatable bonds is 8. The Morgan fingerprint density at radius 1 is 1.54 bits per heavy atom. The lowest BCUT2D eigenvalue weighted by Crippen LogP contribution is -2.50. The van der Waals surface area contributed by atoms with Gasteiger partial charge in [-0.25, -0.2) is 13.1 Å². The fourth-order valence-corrected chi connectivity index (χ4v) is 4.69. The van der Waals surface area contributed by atoms with Gasteiger partial charge in [-0.1, -0.05) is 0 Å². The summed E-state index contributed by atoms with van der Waals surface area (Å²) in [5, 5.41) is 1.43. The summed E-state index contributed by atoms with van der Waals surface area (Å²) in [4.78, 5) is 13.1. The number of nitrogens with two attached hydrogens (primary N) is 1. The van der Waals surface area contributed by atoms with Gasteiger partial charge in [-0.15, -0.1) is 11.3 Å². The van der Waals surface area contributed by atoms with Crippen LogP contribution in [-0.4, -0.2) is 71.8 Å². The van der Waals surface area contributed by atoms with Gasteiger partial charge in [-0.2, -0.15) is 0 Å². The Morgan fingerprint density at radius 2 is 2.29 bits per heavy atom. The Kier molecular flexibility index (Phi) is 6.72. The Balaban J connectivity index is 2.03. The molecule has 0 spiro atoms. The third kappa shape index (κ3) is 5.23. The van der Waals surface area contributed by atoms with Gasteiger partial charge in [0.05, 0.1) is 30.9 Å². The van der Waals surface area contributed by atoms with E-state index in [0.29, 0.717) is 19.6 Å². The Labute approximate surface area is 146 Å². The molecule has 0 aliphatic carbocycles. The van der Waals surface area contributed by atoms with E-state index in [1.54, 1.807) is 0 Å². The molecule has 1 aliphatic heterocycles. The third-order valence-corrected chi connectivity index (χ3v) is 6.52. The molecule has 2 heterocycles. The summed E-state index contributed by atoms with van der Waals surface area (Å²) >= 11 is 0.957. The molecule has 0 aromatic carbocycles. The largest absolute Gasteiger partial charge is 0.380 e. The Bertz CT molecular complexity index is 659. The smallest absolute Gasteiger partial charge is 0.250 e. The van der Waals surface area contributed by atoms with Crippen molar-refractivity contribution in [2.75, 3.05) is 40.5 Å². The molecule has 1 saturated heterocycles. The number of hydrogen-bond donors (Lipinski definition) is 2. The monoisotopic (exact) mass is 377 g/mol. The number of thiophene rings is 1. The van der Waals surface area contributed by atoms with Crippen molar-refractivity contribution in [1.29, 1.82) is 0 Å². The number of primary amides is 1. The molecule has 1 aromatic heterocycles. The highest BCUT2D eigenvalue weighted by molar-refractivity contribution is 7.91. The summed E-state index contributed by atoms with van der Waals surface area (Å²) < 4.78 is 38.8. The van der Waals surface area contributed by atoms with Crippen molar-refractivity contribution in [2.45, 2.75) is 22.8 Å². The molecule has 1 amide bonds. The molecule has 0 bridgehead atoms. The van der Waals surface area contributed by atoms with Gasteiger partial charge in [0.2, 0.25) is 15.9 Å². The van der Waals surface area contributed by atoms with Crippen molar-refractivity contribution in [1.82, 2.24) is 9.62 Å². The number of sulfonamides is 1. The first kappa shape index (κ1) is 19.3. The van der Waals surface area contributed by atoms with E-state index in [2.05, 4.69) is 4.72 Å². The van der Waals surface area contributed by atoms with E-state index in [-0.39, 0.29) is 22.5 Å². The lowest BCUT2D eigenvalue weighted by molar-refractivity contribution is -0.0527. The van der Waals surface area contributed by atoms with Crippen LogP contribution < -0.4 is 10.5 Å². The van der Waals surface area contributed by atoms with Gasteiger partial charge in [0, 0.05) is 18.5 Å². The predicted octanol–water partition coefficient (Wildman–Crippen LogP) is -0.139. The van der Waals surface area contributed by atoms with Crippen LogP contribution >= 0.6 is 11.3 Å². The summed E-state index contributed by atoms with van der Waals surface area (Å²) in [6, 6.07) is 0.811. The van der Waals surface area contributed by atoms with Crippen LogP contribution in [0.1, 0.15) is 16.8 Å². The average Bonchev–Trinajstić information content (AvgIpc) is 2.99. The SMILES string of the molecule is CN(C)CCO[C@H]1CCOC[C@H]1NS(=O)(=O)c1cc(C(N)=O)cs1. The second-order valence-corrected chi connectivity index (χ2v) is 8.67. The number of likely N-dealkylation sites (N-methyl/N-ethyl adjacent to an activating group) is 1. The number of carbonyl (C=O) groups excluding carboxylic acids is 1. The molecule has 3 N–H and O–H groups in total. The highest BCUT2D eigenvalue weighted by atomic mass is 32.2. The van der Waals surface area contributed by atoms with Gasteiger partial charge in [0.25, 0.3) is 0 Å². The number of carbonyl (C=O) groups is 1. The van der Waals surface area contributed by atoms with Crippen LogP contribution in [-0.2, 0) is 19.5 Å². The molecule has 24 heavy (non-hydrogen) atoms. The zero-order valence-electron chi connectivity index (χ0n) is 13.7. The molecule has 1 fully saturated rings. The fraction of sp³-hybridized carbons (Fsp3) is 0.643. The van der Waals surface area contributed by atoms with Crippen LogP contribution in [0.5, 0.6) is 0 Å². The van der Waals surface area contributed by atoms with Crippen molar-refractivity contribution < 1.29 is 22.7 Å². The van der Waals surface area contributed by atoms with Crippen molar-refractivity contribution in [3.05, 3.63) is 17.0 Å². The summed E-state index contributed by atoms with van der Waals surface area (Å²) in [6.45, 7) is 2.06. The lowest BCUT2D eigenvalue weighted by Gasteiger charge is -2.32. The summed E-state index contributed by atoms with van der Waals surface area (Å²) in [5.74, 6) is -0.654. The second kappa shape index (κ2) is 8.37. The first-order chi connectivity index (χ1) is 11.3. The van der Waals surface area contributed by atoms with Gasteiger partial charge < -0.3 is 20.1 Å². The molecule has 2 rings (SSSR count). The van der Waals surface area contributed by atoms with Gasteiger partial charge >= 0.3 is 0 Å². The fourth-order valence-electron chi connectivity index (χ4n) is 2.26. The van der Waals surface area contributed by atoms with Gasteiger partial charge in [0.15, 0.2) is 0 Å². The highest BCUT2D eigenvalue weighted by Crippen LogP contribution is 2.22.